The summed E-state index contributed by atoms with van der Waals surface area (Å²) >= 11 is 0. The Balaban J connectivity index is 1.72. The van der Waals surface area contributed by atoms with Gasteiger partial charge in [-0.2, -0.15) is 0 Å². The van der Waals surface area contributed by atoms with E-state index in [1.54, 1.807) is 61.7 Å². The monoisotopic (exact) mass is 414 g/mol. The van der Waals surface area contributed by atoms with Crippen LogP contribution in [0.4, 0.5) is 11.4 Å². The van der Waals surface area contributed by atoms with Crippen LogP contribution in [0.1, 0.15) is 17.7 Å². The molecule has 1 aromatic heterocycles. The minimum atomic E-state index is -3.83. The van der Waals surface area contributed by atoms with Crippen LogP contribution in [0.2, 0.25) is 0 Å². The number of hydrogen-bond donors (Lipinski definition) is 2. The highest BCUT2D eigenvalue weighted by molar-refractivity contribution is 7.92. The van der Waals surface area contributed by atoms with Crippen LogP contribution in [0.15, 0.2) is 70.2 Å². The number of furan rings is 1. The molecule has 0 spiro atoms. The second-order valence-electron chi connectivity index (χ2n) is 6.44. The molecule has 0 saturated heterocycles. The quantitative estimate of drug-likeness (QED) is 0.581. The zero-order valence-electron chi connectivity index (χ0n) is 16.1. The Hall–Kier alpha value is -3.26. The minimum absolute atomic E-state index is 0.0946. The fourth-order valence-electron chi connectivity index (χ4n) is 2.75. The normalized spacial score (nSPS) is 11.1. The van der Waals surface area contributed by atoms with E-state index in [2.05, 4.69) is 10.0 Å². The van der Waals surface area contributed by atoms with Gasteiger partial charge in [0.1, 0.15) is 11.5 Å². The van der Waals surface area contributed by atoms with Gasteiger partial charge in [0.05, 0.1) is 18.3 Å². The average molecular weight is 414 g/mol. The van der Waals surface area contributed by atoms with E-state index in [-0.39, 0.29) is 17.2 Å². The number of methoxy groups -OCH3 is 1. The van der Waals surface area contributed by atoms with Gasteiger partial charge in [-0.15, -0.1) is 0 Å². The molecule has 0 bridgehead atoms. The molecule has 2 N–H and O–H groups in total. The predicted molar refractivity (Wildman–Crippen MR) is 111 cm³/mol. The third-order valence-electron chi connectivity index (χ3n) is 4.28. The number of sulfonamides is 1. The molecule has 1 heterocycles. The topological polar surface area (TPSA) is 97.6 Å². The van der Waals surface area contributed by atoms with Crippen LogP contribution in [-0.4, -0.2) is 21.4 Å². The Bertz CT molecular complexity index is 1070. The zero-order chi connectivity index (χ0) is 20.9. The molecule has 0 saturated carbocycles. The number of ether oxygens (including phenoxy) is 1. The van der Waals surface area contributed by atoms with E-state index in [1.165, 1.54) is 13.2 Å². The molecule has 0 radical (unpaired) electrons. The molecule has 8 heteroatoms. The van der Waals surface area contributed by atoms with Crippen LogP contribution in [0.3, 0.4) is 0 Å². The Morgan fingerprint density at radius 1 is 1.07 bits per heavy atom. The summed E-state index contributed by atoms with van der Waals surface area (Å²) in [7, 11) is -2.29. The fourth-order valence-corrected chi connectivity index (χ4v) is 4.08. The number of carbonyl (C=O) groups excluding carboxylic acids is 1. The maximum Gasteiger partial charge on any atom is 0.262 e. The third kappa shape index (κ3) is 5.39. The number of aryl methyl sites for hydroxylation is 2. The molecule has 0 unspecified atom stereocenters. The van der Waals surface area contributed by atoms with Gasteiger partial charge in [0, 0.05) is 24.2 Å². The van der Waals surface area contributed by atoms with E-state index in [0.29, 0.717) is 29.1 Å². The average Bonchev–Trinajstić information content (AvgIpc) is 3.22. The summed E-state index contributed by atoms with van der Waals surface area (Å²) < 4.78 is 38.5. The summed E-state index contributed by atoms with van der Waals surface area (Å²) in [4.78, 5) is 12.3. The molecule has 0 atom stereocenters. The molecule has 0 aliphatic heterocycles. The molecule has 7 nitrogen and oxygen atoms in total. The number of anilines is 2. The van der Waals surface area contributed by atoms with Crippen molar-refractivity contribution < 1.29 is 22.4 Å². The maximum absolute atomic E-state index is 12.8. The molecule has 1 amide bonds. The first-order chi connectivity index (χ1) is 13.9. The first-order valence-electron chi connectivity index (χ1n) is 8.97. The van der Waals surface area contributed by atoms with Crippen LogP contribution in [0.25, 0.3) is 0 Å². The lowest BCUT2D eigenvalue weighted by Gasteiger charge is -2.13. The van der Waals surface area contributed by atoms with E-state index >= 15 is 0 Å². The van der Waals surface area contributed by atoms with Crippen molar-refractivity contribution in [3.63, 3.8) is 0 Å². The van der Waals surface area contributed by atoms with Gasteiger partial charge >= 0.3 is 0 Å². The Morgan fingerprint density at radius 2 is 1.79 bits per heavy atom. The van der Waals surface area contributed by atoms with Gasteiger partial charge in [-0.25, -0.2) is 8.42 Å². The second kappa shape index (κ2) is 8.83. The van der Waals surface area contributed by atoms with E-state index in [0.717, 1.165) is 5.76 Å². The largest absolute Gasteiger partial charge is 0.497 e. The minimum Gasteiger partial charge on any atom is -0.497 e. The van der Waals surface area contributed by atoms with Crippen molar-refractivity contribution in [2.75, 3.05) is 17.1 Å². The molecule has 29 heavy (non-hydrogen) atoms. The molecule has 3 aromatic rings. The van der Waals surface area contributed by atoms with Crippen molar-refractivity contribution in [3.05, 3.63) is 72.2 Å². The van der Waals surface area contributed by atoms with Crippen LogP contribution < -0.4 is 14.8 Å². The predicted octanol–water partition coefficient (Wildman–Crippen LogP) is 3.97. The molecule has 0 aliphatic rings. The summed E-state index contributed by atoms with van der Waals surface area (Å²) in [6.07, 6.45) is 2.25. The van der Waals surface area contributed by atoms with E-state index < -0.39 is 10.0 Å². The Kier molecular flexibility index (Phi) is 6.23. The zero-order valence-corrected chi connectivity index (χ0v) is 17.0. The Morgan fingerprint density at radius 3 is 2.45 bits per heavy atom. The molecule has 3 rings (SSSR count). The molecule has 2 aromatic carbocycles. The van der Waals surface area contributed by atoms with E-state index in [9.17, 15) is 13.2 Å². The van der Waals surface area contributed by atoms with E-state index in [1.807, 2.05) is 0 Å². The summed E-state index contributed by atoms with van der Waals surface area (Å²) in [5.41, 5.74) is 1.40. The summed E-state index contributed by atoms with van der Waals surface area (Å²) in [6.45, 7) is 1.70. The van der Waals surface area contributed by atoms with Crippen LogP contribution in [0.5, 0.6) is 5.75 Å². The van der Waals surface area contributed by atoms with E-state index in [4.69, 9.17) is 9.15 Å². The van der Waals surface area contributed by atoms with Gasteiger partial charge < -0.3 is 14.5 Å². The lowest BCUT2D eigenvalue weighted by molar-refractivity contribution is -0.116. The van der Waals surface area contributed by atoms with Crippen molar-refractivity contribution >= 4 is 27.3 Å². The molecule has 0 aliphatic carbocycles. The molecule has 152 valence electrons. The van der Waals surface area contributed by atoms with Gasteiger partial charge in [0.2, 0.25) is 5.91 Å². The van der Waals surface area contributed by atoms with Crippen molar-refractivity contribution in [3.8, 4) is 5.75 Å². The van der Waals surface area contributed by atoms with Gasteiger partial charge in [0.25, 0.3) is 10.0 Å². The highest BCUT2D eigenvalue weighted by Crippen LogP contribution is 2.24. The van der Waals surface area contributed by atoms with Crippen molar-refractivity contribution in [1.29, 1.82) is 0 Å². The smallest absolute Gasteiger partial charge is 0.262 e. The van der Waals surface area contributed by atoms with Gasteiger partial charge in [0.15, 0.2) is 0 Å². The fraction of sp³-hybridized carbons (Fsp3) is 0.190. The van der Waals surface area contributed by atoms with Crippen LogP contribution >= 0.6 is 0 Å². The number of hydrogen-bond acceptors (Lipinski definition) is 5. The van der Waals surface area contributed by atoms with Gasteiger partial charge in [-0.3, -0.25) is 9.52 Å². The molecule has 0 fully saturated rings. The van der Waals surface area contributed by atoms with Crippen molar-refractivity contribution in [2.45, 2.75) is 24.7 Å². The van der Waals surface area contributed by atoms with Gasteiger partial charge in [-0.1, -0.05) is 6.07 Å². The first-order valence-corrected chi connectivity index (χ1v) is 10.5. The van der Waals surface area contributed by atoms with Crippen LogP contribution in [-0.2, 0) is 21.2 Å². The number of carbonyl (C=O) groups is 1. The highest BCUT2D eigenvalue weighted by atomic mass is 32.2. The number of benzene rings is 2. The lowest BCUT2D eigenvalue weighted by Crippen LogP contribution is -2.16. The summed E-state index contributed by atoms with van der Waals surface area (Å²) in [6, 6.07) is 14.9. The number of nitrogens with one attached hydrogen (secondary N) is 2. The molecular weight excluding hydrogens is 392 g/mol. The third-order valence-corrected chi connectivity index (χ3v) is 5.81. The number of rotatable bonds is 8. The van der Waals surface area contributed by atoms with Crippen molar-refractivity contribution in [2.24, 2.45) is 0 Å². The standard InChI is InChI=1S/C21H22N2O5S/c1-15-5-6-17(22-21(24)12-11-19-4-3-13-28-19)14-20(15)29(25,26)23-16-7-9-18(27-2)10-8-16/h3-10,13-14,23H,11-12H2,1-2H3,(H,22,24). The maximum atomic E-state index is 12.8. The van der Waals surface area contributed by atoms with Crippen LogP contribution in [0, 0.1) is 6.92 Å². The highest BCUT2D eigenvalue weighted by Gasteiger charge is 2.18. The Labute approximate surface area is 169 Å². The summed E-state index contributed by atoms with van der Waals surface area (Å²) in [5.74, 6) is 1.12. The summed E-state index contributed by atoms with van der Waals surface area (Å²) in [5, 5.41) is 2.73. The van der Waals surface area contributed by atoms with Gasteiger partial charge in [-0.05, 0) is 61.0 Å². The SMILES string of the molecule is COc1ccc(NS(=O)(=O)c2cc(NC(=O)CCc3ccco3)ccc2C)cc1. The molecular formula is C21H22N2O5S. The second-order valence-corrected chi connectivity index (χ2v) is 8.09. The lowest BCUT2D eigenvalue weighted by atomic mass is 10.2. The number of amides is 1. The first kappa shape index (κ1) is 20.5. The van der Waals surface area contributed by atoms with Crippen molar-refractivity contribution in [1.82, 2.24) is 0 Å².